The predicted molar refractivity (Wildman–Crippen MR) is 91.4 cm³/mol. The summed E-state index contributed by atoms with van der Waals surface area (Å²) >= 11 is 0. The maximum Gasteiger partial charge on any atom is 0.177 e. The standard InChI is InChI=1S/C17H23N3O4/c1-14(15(2)22)20-24-11-6-4-3-5-10-23-18-12-16-8-7-9-17(13-21)19-16/h7-9,12-13H,3-6,10-11H2,1-2H3. The number of carbonyl (C=O) groups is 2. The number of rotatable bonds is 12. The molecule has 1 aromatic rings. The molecule has 0 atom stereocenters. The average Bonchev–Trinajstić information content (AvgIpc) is 2.59. The number of hydrogen-bond donors (Lipinski definition) is 0. The Morgan fingerprint density at radius 2 is 1.75 bits per heavy atom. The highest BCUT2D eigenvalue weighted by Gasteiger charge is 1.98. The van der Waals surface area contributed by atoms with Crippen LogP contribution in [0.4, 0.5) is 0 Å². The number of pyridine rings is 1. The van der Waals surface area contributed by atoms with E-state index in [1.165, 1.54) is 13.1 Å². The first-order valence-electron chi connectivity index (χ1n) is 7.88. The van der Waals surface area contributed by atoms with Gasteiger partial charge in [0, 0.05) is 6.92 Å². The highest BCUT2D eigenvalue weighted by molar-refractivity contribution is 6.37. The summed E-state index contributed by atoms with van der Waals surface area (Å²) in [7, 11) is 0. The van der Waals surface area contributed by atoms with Gasteiger partial charge >= 0.3 is 0 Å². The maximum absolute atomic E-state index is 10.9. The highest BCUT2D eigenvalue weighted by atomic mass is 16.6. The van der Waals surface area contributed by atoms with Gasteiger partial charge in [-0.05, 0) is 44.7 Å². The van der Waals surface area contributed by atoms with Crippen molar-refractivity contribution in [1.29, 1.82) is 0 Å². The summed E-state index contributed by atoms with van der Waals surface area (Å²) in [5.41, 5.74) is 1.33. The van der Waals surface area contributed by atoms with Gasteiger partial charge < -0.3 is 9.68 Å². The molecular weight excluding hydrogens is 310 g/mol. The number of Topliss-reactive ketones (excluding diaryl/α,β-unsaturated/α-hetero) is 1. The van der Waals surface area contributed by atoms with Crippen LogP contribution in [0.2, 0.25) is 0 Å². The molecule has 1 heterocycles. The molecule has 0 aliphatic rings. The number of unbranched alkanes of at least 4 members (excludes halogenated alkanes) is 3. The van der Waals surface area contributed by atoms with Gasteiger partial charge in [0.15, 0.2) is 12.1 Å². The van der Waals surface area contributed by atoms with Crippen LogP contribution in [0.15, 0.2) is 28.5 Å². The largest absolute Gasteiger partial charge is 0.396 e. The molecule has 0 amide bonds. The van der Waals surface area contributed by atoms with Gasteiger partial charge in [0.1, 0.15) is 24.6 Å². The third kappa shape index (κ3) is 8.77. The predicted octanol–water partition coefficient (Wildman–Crippen LogP) is 2.79. The van der Waals surface area contributed by atoms with E-state index in [-0.39, 0.29) is 5.78 Å². The Balaban J connectivity index is 2.02. The summed E-state index contributed by atoms with van der Waals surface area (Å²) in [6.07, 6.45) is 5.91. The molecular formula is C17H23N3O4. The van der Waals surface area contributed by atoms with Crippen molar-refractivity contribution >= 4 is 24.0 Å². The fourth-order valence-electron chi connectivity index (χ4n) is 1.64. The first kappa shape index (κ1) is 19.5. The molecule has 0 aliphatic carbocycles. The number of carbonyl (C=O) groups excluding carboxylic acids is 2. The van der Waals surface area contributed by atoms with Gasteiger partial charge in [-0.25, -0.2) is 4.98 Å². The Kier molecular flexibility index (Phi) is 9.68. The topological polar surface area (TPSA) is 90.2 Å². The van der Waals surface area contributed by atoms with Crippen molar-refractivity contribution in [1.82, 2.24) is 4.98 Å². The molecule has 0 aliphatic heterocycles. The van der Waals surface area contributed by atoms with Gasteiger partial charge in [0.05, 0.1) is 11.9 Å². The maximum atomic E-state index is 10.9. The molecule has 7 nitrogen and oxygen atoms in total. The highest BCUT2D eigenvalue weighted by Crippen LogP contribution is 2.01. The van der Waals surface area contributed by atoms with Crippen molar-refractivity contribution < 1.29 is 19.3 Å². The van der Waals surface area contributed by atoms with Crippen LogP contribution < -0.4 is 0 Å². The molecule has 0 spiro atoms. The number of hydrogen-bond acceptors (Lipinski definition) is 7. The van der Waals surface area contributed by atoms with E-state index >= 15 is 0 Å². The summed E-state index contributed by atoms with van der Waals surface area (Å²) in [4.78, 5) is 35.7. The molecule has 1 rings (SSSR count). The molecule has 7 heteroatoms. The second kappa shape index (κ2) is 11.9. The van der Waals surface area contributed by atoms with E-state index in [2.05, 4.69) is 15.3 Å². The Bertz CT molecular complexity index is 585. The van der Waals surface area contributed by atoms with Crippen LogP contribution in [-0.4, -0.2) is 42.2 Å². The van der Waals surface area contributed by atoms with Crippen LogP contribution >= 0.6 is 0 Å². The van der Waals surface area contributed by atoms with E-state index < -0.39 is 0 Å². The quantitative estimate of drug-likeness (QED) is 0.254. The molecule has 130 valence electrons. The SMILES string of the molecule is CC(=O)C(C)=NOCCCCCCON=Cc1cccc(C=O)n1. The van der Waals surface area contributed by atoms with Gasteiger partial charge in [0.25, 0.3) is 0 Å². The molecule has 0 N–H and O–H groups in total. The van der Waals surface area contributed by atoms with Crippen molar-refractivity contribution in [3.05, 3.63) is 29.6 Å². The van der Waals surface area contributed by atoms with Crippen LogP contribution in [0.5, 0.6) is 0 Å². The van der Waals surface area contributed by atoms with Crippen LogP contribution in [0.1, 0.15) is 55.7 Å². The third-order valence-electron chi connectivity index (χ3n) is 3.10. The van der Waals surface area contributed by atoms with Gasteiger partial charge in [-0.1, -0.05) is 16.4 Å². The molecule has 0 bridgehead atoms. The summed E-state index contributed by atoms with van der Waals surface area (Å²) in [5.74, 6) is -0.0826. The Hall–Kier alpha value is -2.57. The fraction of sp³-hybridized carbons (Fsp3) is 0.471. The van der Waals surface area contributed by atoms with E-state index in [9.17, 15) is 9.59 Å². The molecule has 0 saturated carbocycles. The number of aldehydes is 1. The van der Waals surface area contributed by atoms with Crippen molar-refractivity contribution in [2.75, 3.05) is 13.2 Å². The summed E-state index contributed by atoms with van der Waals surface area (Å²) < 4.78 is 0. The lowest BCUT2D eigenvalue weighted by molar-refractivity contribution is -0.111. The first-order valence-corrected chi connectivity index (χ1v) is 7.88. The molecule has 0 fully saturated rings. The van der Waals surface area contributed by atoms with Gasteiger partial charge in [-0.3, -0.25) is 9.59 Å². The zero-order valence-corrected chi connectivity index (χ0v) is 14.1. The lowest BCUT2D eigenvalue weighted by Gasteiger charge is -2.01. The molecule has 24 heavy (non-hydrogen) atoms. The Morgan fingerprint density at radius 3 is 2.42 bits per heavy atom. The van der Waals surface area contributed by atoms with Crippen molar-refractivity contribution in [3.63, 3.8) is 0 Å². The molecule has 0 aromatic carbocycles. The lowest BCUT2D eigenvalue weighted by Crippen LogP contribution is -2.05. The summed E-state index contributed by atoms with van der Waals surface area (Å²) in [5, 5.41) is 7.54. The van der Waals surface area contributed by atoms with E-state index in [1.54, 1.807) is 25.1 Å². The van der Waals surface area contributed by atoms with Crippen molar-refractivity contribution in [3.8, 4) is 0 Å². The van der Waals surface area contributed by atoms with Crippen molar-refractivity contribution in [2.24, 2.45) is 10.3 Å². The zero-order valence-electron chi connectivity index (χ0n) is 14.1. The molecule has 0 radical (unpaired) electrons. The van der Waals surface area contributed by atoms with Gasteiger partial charge in [0.2, 0.25) is 0 Å². The Morgan fingerprint density at radius 1 is 1.08 bits per heavy atom. The second-order valence-electron chi connectivity index (χ2n) is 5.15. The first-order chi connectivity index (χ1) is 11.6. The molecule has 0 unspecified atom stereocenters. The van der Waals surface area contributed by atoms with Gasteiger partial charge in [-0.15, -0.1) is 0 Å². The number of nitrogens with zero attached hydrogens (tertiary/aromatic N) is 3. The van der Waals surface area contributed by atoms with E-state index in [0.29, 0.717) is 36.6 Å². The lowest BCUT2D eigenvalue weighted by atomic mass is 10.2. The van der Waals surface area contributed by atoms with Gasteiger partial charge in [-0.2, -0.15) is 0 Å². The summed E-state index contributed by atoms with van der Waals surface area (Å²) in [6.45, 7) is 4.11. The van der Waals surface area contributed by atoms with Crippen LogP contribution in [0.25, 0.3) is 0 Å². The van der Waals surface area contributed by atoms with E-state index in [1.807, 2.05) is 0 Å². The summed E-state index contributed by atoms with van der Waals surface area (Å²) in [6, 6.07) is 5.11. The average molecular weight is 333 g/mol. The minimum Gasteiger partial charge on any atom is -0.396 e. The third-order valence-corrected chi connectivity index (χ3v) is 3.10. The van der Waals surface area contributed by atoms with Crippen molar-refractivity contribution in [2.45, 2.75) is 39.5 Å². The van der Waals surface area contributed by atoms with Crippen LogP contribution in [0.3, 0.4) is 0 Å². The van der Waals surface area contributed by atoms with Crippen LogP contribution in [0, 0.1) is 0 Å². The second-order valence-corrected chi connectivity index (χ2v) is 5.15. The van der Waals surface area contributed by atoms with E-state index in [0.717, 1.165) is 25.7 Å². The minimum atomic E-state index is -0.0826. The Labute approximate surface area is 141 Å². The minimum absolute atomic E-state index is 0.0826. The van der Waals surface area contributed by atoms with E-state index in [4.69, 9.17) is 9.68 Å². The smallest absolute Gasteiger partial charge is 0.177 e. The zero-order chi connectivity index (χ0) is 17.6. The van der Waals surface area contributed by atoms with Crippen LogP contribution in [-0.2, 0) is 14.5 Å². The number of ketones is 1. The monoisotopic (exact) mass is 333 g/mol. The number of aromatic nitrogens is 1. The molecule has 1 aromatic heterocycles. The normalized spacial score (nSPS) is 11.5. The molecule has 0 saturated heterocycles. The fourth-order valence-corrected chi connectivity index (χ4v) is 1.64. The number of oxime groups is 2.